The number of hydrazone groups is 1. The van der Waals surface area contributed by atoms with Crippen LogP contribution in [0.5, 0.6) is 5.75 Å². The molecular weight excluding hydrogens is 476 g/mol. The number of amidine groups is 1. The van der Waals surface area contributed by atoms with Crippen molar-refractivity contribution in [3.05, 3.63) is 75.2 Å². The number of rotatable bonds is 3. The lowest BCUT2D eigenvalue weighted by Crippen LogP contribution is -2.50. The summed E-state index contributed by atoms with van der Waals surface area (Å²) in [6, 6.07) is 17.8. The molecule has 0 spiro atoms. The van der Waals surface area contributed by atoms with Crippen molar-refractivity contribution in [3.63, 3.8) is 0 Å². The van der Waals surface area contributed by atoms with Crippen LogP contribution in [-0.2, 0) is 4.79 Å². The molecular formula is C23H19BrN4O2S. The molecule has 0 radical (unpaired) electrons. The highest BCUT2D eigenvalue weighted by atomic mass is 79.9. The van der Waals surface area contributed by atoms with E-state index in [0.29, 0.717) is 10.9 Å². The number of carbonyl (C=O) groups excluding carboxylic acids is 1. The number of thioether (sulfide) groups is 1. The van der Waals surface area contributed by atoms with Crippen LogP contribution in [0.3, 0.4) is 0 Å². The van der Waals surface area contributed by atoms with Crippen molar-refractivity contribution in [1.29, 1.82) is 0 Å². The van der Waals surface area contributed by atoms with Crippen LogP contribution in [0.4, 0.5) is 0 Å². The lowest BCUT2D eigenvalue weighted by molar-refractivity contribution is -0.116. The molecule has 2 aliphatic heterocycles. The molecule has 31 heavy (non-hydrogen) atoms. The molecule has 0 fully saturated rings. The minimum Gasteiger partial charge on any atom is -0.496 e. The third kappa shape index (κ3) is 3.40. The predicted molar refractivity (Wildman–Crippen MR) is 127 cm³/mol. The molecule has 5 rings (SSSR count). The summed E-state index contributed by atoms with van der Waals surface area (Å²) in [4.78, 5) is 18.2. The Bertz CT molecular complexity index is 1370. The van der Waals surface area contributed by atoms with Gasteiger partial charge in [-0.15, -0.1) is 5.10 Å². The molecule has 0 saturated heterocycles. The number of carbonyl (C=O) groups is 1. The second-order valence-electron chi connectivity index (χ2n) is 7.05. The number of nitrogens with zero attached hydrogens (tertiary/aromatic N) is 3. The fourth-order valence-electron chi connectivity index (χ4n) is 3.95. The summed E-state index contributed by atoms with van der Waals surface area (Å²) in [5, 5.41) is 13.6. The number of ether oxygens (including phenoxy) is 1. The van der Waals surface area contributed by atoms with Crippen LogP contribution in [0.2, 0.25) is 0 Å². The average molecular weight is 495 g/mol. The van der Waals surface area contributed by atoms with E-state index in [1.165, 1.54) is 11.8 Å². The van der Waals surface area contributed by atoms with E-state index in [0.717, 1.165) is 42.9 Å². The molecule has 0 aliphatic carbocycles. The smallest absolute Gasteiger partial charge is 0.276 e. The first-order valence-electron chi connectivity index (χ1n) is 9.86. The maximum absolute atomic E-state index is 13.2. The second-order valence-corrected chi connectivity index (χ2v) is 9.22. The van der Waals surface area contributed by atoms with Crippen molar-refractivity contribution >= 4 is 55.2 Å². The fraction of sp³-hybridized carbons (Fsp3) is 0.174. The Labute approximate surface area is 191 Å². The molecule has 6 nitrogen and oxygen atoms in total. The molecule has 3 aromatic carbocycles. The van der Waals surface area contributed by atoms with Crippen LogP contribution in [0, 0.1) is 0 Å². The first-order chi connectivity index (χ1) is 15.1. The monoisotopic (exact) mass is 494 g/mol. The minimum atomic E-state index is -0.474. The predicted octanol–water partition coefficient (Wildman–Crippen LogP) is 3.51. The van der Waals surface area contributed by atoms with Gasteiger partial charge in [0.1, 0.15) is 11.4 Å². The maximum Gasteiger partial charge on any atom is 0.276 e. The van der Waals surface area contributed by atoms with Crippen molar-refractivity contribution in [2.24, 2.45) is 10.1 Å². The SMILES string of the molecule is CCSC1=NN2C(=c3cc(Br)ccc3=N[C@H]2c2ccc(OC)c3ccccc23)C(=O)N1. The first-order valence-corrected chi connectivity index (χ1v) is 11.6. The zero-order valence-electron chi connectivity index (χ0n) is 16.9. The molecule has 2 aliphatic rings. The van der Waals surface area contributed by atoms with Crippen molar-refractivity contribution in [3.8, 4) is 5.75 Å². The van der Waals surface area contributed by atoms with Crippen LogP contribution in [0.1, 0.15) is 18.7 Å². The molecule has 1 amide bonds. The van der Waals surface area contributed by atoms with Gasteiger partial charge in [0, 0.05) is 20.6 Å². The molecule has 3 aromatic rings. The molecule has 8 heteroatoms. The number of hydrogen-bond acceptors (Lipinski definition) is 6. The van der Waals surface area contributed by atoms with Gasteiger partial charge in [0.15, 0.2) is 11.3 Å². The Morgan fingerprint density at radius 2 is 1.97 bits per heavy atom. The highest BCUT2D eigenvalue weighted by Crippen LogP contribution is 2.37. The van der Waals surface area contributed by atoms with Crippen LogP contribution in [0.15, 0.2) is 69.2 Å². The van der Waals surface area contributed by atoms with E-state index in [4.69, 9.17) is 14.8 Å². The second kappa shape index (κ2) is 8.01. The average Bonchev–Trinajstić information content (AvgIpc) is 2.78. The largest absolute Gasteiger partial charge is 0.496 e. The van der Waals surface area contributed by atoms with E-state index in [-0.39, 0.29) is 5.91 Å². The van der Waals surface area contributed by atoms with E-state index in [1.54, 1.807) is 12.1 Å². The van der Waals surface area contributed by atoms with E-state index >= 15 is 0 Å². The van der Waals surface area contributed by atoms with Crippen LogP contribution in [-0.4, -0.2) is 28.9 Å². The molecule has 0 unspecified atom stereocenters. The van der Waals surface area contributed by atoms with Crippen molar-refractivity contribution in [1.82, 2.24) is 10.3 Å². The van der Waals surface area contributed by atoms with Gasteiger partial charge >= 0.3 is 0 Å². The summed E-state index contributed by atoms with van der Waals surface area (Å²) in [7, 11) is 1.67. The summed E-state index contributed by atoms with van der Waals surface area (Å²) in [5.74, 6) is 1.42. The zero-order valence-corrected chi connectivity index (χ0v) is 19.3. The summed E-state index contributed by atoms with van der Waals surface area (Å²) >= 11 is 5.01. The van der Waals surface area contributed by atoms with Gasteiger partial charge in [0.05, 0.1) is 12.5 Å². The molecule has 2 heterocycles. The third-order valence-corrected chi connectivity index (χ3v) is 6.51. The van der Waals surface area contributed by atoms with Gasteiger partial charge in [-0.05, 0) is 35.4 Å². The Morgan fingerprint density at radius 3 is 2.74 bits per heavy atom. The van der Waals surface area contributed by atoms with Crippen molar-refractivity contribution < 1.29 is 9.53 Å². The van der Waals surface area contributed by atoms with Crippen LogP contribution in [0.25, 0.3) is 16.5 Å². The summed E-state index contributed by atoms with van der Waals surface area (Å²) in [6.07, 6.45) is -0.474. The maximum atomic E-state index is 13.2. The zero-order chi connectivity index (χ0) is 21.5. The van der Waals surface area contributed by atoms with Crippen LogP contribution >= 0.6 is 27.7 Å². The highest BCUT2D eigenvalue weighted by molar-refractivity contribution is 9.10. The van der Waals surface area contributed by atoms with Gasteiger partial charge in [-0.1, -0.05) is 64.9 Å². The van der Waals surface area contributed by atoms with Gasteiger partial charge in [-0.2, -0.15) is 0 Å². The number of amides is 1. The molecule has 156 valence electrons. The fourth-order valence-corrected chi connectivity index (χ4v) is 4.90. The molecule has 1 N–H and O–H groups in total. The summed E-state index contributed by atoms with van der Waals surface area (Å²) in [5.41, 5.74) is 1.46. The van der Waals surface area contributed by atoms with E-state index in [1.807, 2.05) is 55.5 Å². The number of nitrogens with one attached hydrogen (secondary N) is 1. The number of halogens is 1. The number of fused-ring (bicyclic) bond motifs is 3. The summed E-state index contributed by atoms with van der Waals surface area (Å²) < 4.78 is 6.44. The molecule has 1 atom stereocenters. The number of benzene rings is 3. The van der Waals surface area contributed by atoms with Gasteiger partial charge < -0.3 is 4.74 Å². The third-order valence-electron chi connectivity index (χ3n) is 5.27. The number of hydrogen-bond donors (Lipinski definition) is 1. The van der Waals surface area contributed by atoms with Crippen molar-refractivity contribution in [2.75, 3.05) is 12.9 Å². The molecule has 0 aromatic heterocycles. The Morgan fingerprint density at radius 1 is 1.16 bits per heavy atom. The van der Waals surface area contributed by atoms with Gasteiger partial charge in [0.2, 0.25) is 0 Å². The number of methoxy groups -OCH3 is 1. The topological polar surface area (TPSA) is 66.3 Å². The Balaban J connectivity index is 1.80. The Hall–Kier alpha value is -2.84. The summed E-state index contributed by atoms with van der Waals surface area (Å²) in [6.45, 7) is 2.03. The molecule has 0 saturated carbocycles. The first kappa shape index (κ1) is 20.1. The minimum absolute atomic E-state index is 0.178. The van der Waals surface area contributed by atoms with E-state index in [9.17, 15) is 4.79 Å². The van der Waals surface area contributed by atoms with Crippen LogP contribution < -0.4 is 20.6 Å². The molecule has 0 bridgehead atoms. The van der Waals surface area contributed by atoms with Gasteiger partial charge in [-0.25, -0.2) is 5.01 Å². The van der Waals surface area contributed by atoms with E-state index < -0.39 is 6.17 Å². The normalized spacial score (nSPS) is 17.5. The van der Waals surface area contributed by atoms with Gasteiger partial charge in [-0.3, -0.25) is 15.1 Å². The quantitative estimate of drug-likeness (QED) is 0.604. The highest BCUT2D eigenvalue weighted by Gasteiger charge is 2.35. The Kier molecular flexibility index (Phi) is 5.19. The standard InChI is InChI=1S/C23H19BrN4O2S/c1-3-31-23-26-22(29)20-17-12-13(24)8-10-18(17)25-21(28(20)27-23)16-9-11-19(30-2)15-7-5-4-6-14(15)16/h4-12,21H,3H2,1-2H3,(H,26,27,29)/t21-/m1/s1. The van der Waals surface area contributed by atoms with E-state index in [2.05, 4.69) is 27.3 Å². The lowest BCUT2D eigenvalue weighted by Gasteiger charge is -2.34. The van der Waals surface area contributed by atoms with Crippen molar-refractivity contribution in [2.45, 2.75) is 13.1 Å². The van der Waals surface area contributed by atoms with Gasteiger partial charge in [0.25, 0.3) is 5.91 Å². The lowest BCUT2D eigenvalue weighted by atomic mass is 10.00.